The molecule has 1 aliphatic heterocycles. The van der Waals surface area contributed by atoms with Gasteiger partial charge in [0.15, 0.2) is 28.6 Å². The van der Waals surface area contributed by atoms with Crippen molar-refractivity contribution in [3.05, 3.63) is 69.9 Å². The van der Waals surface area contributed by atoms with Crippen LogP contribution in [0.4, 0.5) is 0 Å². The Morgan fingerprint density at radius 3 is 3.00 bits per heavy atom. The maximum Gasteiger partial charge on any atom is 0.275 e. The highest BCUT2D eigenvalue weighted by Gasteiger charge is 2.28. The summed E-state index contributed by atoms with van der Waals surface area (Å²) >= 11 is 2.87. The first kappa shape index (κ1) is 19.8. The van der Waals surface area contributed by atoms with Gasteiger partial charge in [-0.25, -0.2) is 4.98 Å². The fraction of sp³-hybridized carbons (Fsp3) is 0.250. The number of para-hydroxylation sites is 2. The van der Waals surface area contributed by atoms with Gasteiger partial charge in [0.05, 0.1) is 5.75 Å². The van der Waals surface area contributed by atoms with Crippen LogP contribution < -0.4 is 15.0 Å². The minimum Gasteiger partial charge on any atom is -0.485 e. The number of hydrogen-bond acceptors (Lipinski definition) is 9. The van der Waals surface area contributed by atoms with E-state index in [0.29, 0.717) is 46.3 Å². The Hall–Kier alpha value is -3.18. The molecule has 1 atom stereocenters. The zero-order valence-corrected chi connectivity index (χ0v) is 18.2. The average molecular weight is 455 g/mol. The summed E-state index contributed by atoms with van der Waals surface area (Å²) in [7, 11) is 0. The number of nitrogens with zero attached hydrogens (tertiary/aromatic N) is 6. The van der Waals surface area contributed by atoms with Gasteiger partial charge >= 0.3 is 0 Å². The van der Waals surface area contributed by atoms with Gasteiger partial charge in [-0.3, -0.25) is 9.36 Å². The topological polar surface area (TPSA) is 96.4 Å². The largest absolute Gasteiger partial charge is 0.485 e. The fourth-order valence-electron chi connectivity index (χ4n) is 3.24. The Labute approximate surface area is 185 Å². The van der Waals surface area contributed by atoms with E-state index in [-0.39, 0.29) is 11.7 Å². The van der Waals surface area contributed by atoms with Crippen LogP contribution in [0.3, 0.4) is 0 Å². The molecule has 0 saturated heterocycles. The van der Waals surface area contributed by atoms with Crippen molar-refractivity contribution < 1.29 is 9.47 Å². The Morgan fingerprint density at radius 2 is 2.16 bits per heavy atom. The van der Waals surface area contributed by atoms with Crippen molar-refractivity contribution >= 4 is 28.1 Å². The number of ether oxygens (including phenoxy) is 2. The van der Waals surface area contributed by atoms with Crippen LogP contribution in [-0.4, -0.2) is 36.0 Å². The lowest BCUT2D eigenvalue weighted by Gasteiger charge is -2.26. The lowest BCUT2D eigenvalue weighted by Crippen LogP contribution is -2.25. The number of fused-ring (bicyclic) bond motifs is 2. The first-order valence-corrected chi connectivity index (χ1v) is 11.3. The van der Waals surface area contributed by atoms with Crippen molar-refractivity contribution in [3.63, 3.8) is 0 Å². The van der Waals surface area contributed by atoms with E-state index in [1.807, 2.05) is 28.8 Å². The molecule has 4 aromatic rings. The van der Waals surface area contributed by atoms with Gasteiger partial charge in [-0.2, -0.15) is 9.61 Å². The molecule has 0 N–H and O–H groups in total. The molecule has 0 amide bonds. The van der Waals surface area contributed by atoms with Crippen molar-refractivity contribution in [2.75, 3.05) is 6.61 Å². The number of aryl methyl sites for hydroxylation is 1. The molecule has 0 fully saturated rings. The van der Waals surface area contributed by atoms with Crippen LogP contribution in [0.1, 0.15) is 22.6 Å². The van der Waals surface area contributed by atoms with Crippen LogP contribution >= 0.6 is 23.1 Å². The highest BCUT2D eigenvalue weighted by Crippen LogP contribution is 2.36. The van der Waals surface area contributed by atoms with Crippen molar-refractivity contribution in [1.82, 2.24) is 29.4 Å². The SMILES string of the molecule is C=CCn1c(SCc2nn3c(=O)cc(C)nc3s2)nnc1[C@H]1COc2ccccc2O1. The van der Waals surface area contributed by atoms with Crippen LogP contribution in [-0.2, 0) is 12.3 Å². The van der Waals surface area contributed by atoms with E-state index in [1.165, 1.54) is 33.7 Å². The highest BCUT2D eigenvalue weighted by molar-refractivity contribution is 7.98. The van der Waals surface area contributed by atoms with Gasteiger partial charge in [0.25, 0.3) is 5.56 Å². The molecule has 0 bridgehead atoms. The van der Waals surface area contributed by atoms with Crippen molar-refractivity contribution in [3.8, 4) is 11.5 Å². The second-order valence-corrected chi connectivity index (χ2v) is 8.80. The van der Waals surface area contributed by atoms with E-state index in [2.05, 4.69) is 26.9 Å². The maximum atomic E-state index is 12.1. The summed E-state index contributed by atoms with van der Waals surface area (Å²) in [6, 6.07) is 9.03. The van der Waals surface area contributed by atoms with Crippen LogP contribution in [0, 0.1) is 6.92 Å². The molecule has 31 heavy (non-hydrogen) atoms. The molecular formula is C20H18N6O3S2. The molecule has 0 radical (unpaired) electrons. The summed E-state index contributed by atoms with van der Waals surface area (Å²) in [6.07, 6.45) is 1.42. The third-order valence-electron chi connectivity index (χ3n) is 4.59. The molecular weight excluding hydrogens is 436 g/mol. The van der Waals surface area contributed by atoms with E-state index in [0.717, 1.165) is 10.8 Å². The molecule has 158 valence electrons. The van der Waals surface area contributed by atoms with E-state index in [9.17, 15) is 4.79 Å². The maximum absolute atomic E-state index is 12.1. The highest BCUT2D eigenvalue weighted by atomic mass is 32.2. The zero-order valence-electron chi connectivity index (χ0n) is 16.6. The summed E-state index contributed by atoms with van der Waals surface area (Å²) in [4.78, 5) is 17.0. The third kappa shape index (κ3) is 3.81. The summed E-state index contributed by atoms with van der Waals surface area (Å²) in [5.74, 6) is 2.61. The first-order chi connectivity index (χ1) is 15.1. The van der Waals surface area contributed by atoms with E-state index in [1.54, 1.807) is 13.0 Å². The number of thioether (sulfide) groups is 1. The van der Waals surface area contributed by atoms with Crippen molar-refractivity contribution in [2.24, 2.45) is 0 Å². The Balaban J connectivity index is 1.38. The monoisotopic (exact) mass is 454 g/mol. The molecule has 0 saturated carbocycles. The number of hydrogen-bond donors (Lipinski definition) is 0. The molecule has 5 rings (SSSR count). The Morgan fingerprint density at radius 1 is 1.32 bits per heavy atom. The zero-order chi connectivity index (χ0) is 21.4. The van der Waals surface area contributed by atoms with Crippen LogP contribution in [0.15, 0.2) is 52.9 Å². The van der Waals surface area contributed by atoms with Gasteiger partial charge in [-0.05, 0) is 19.1 Å². The summed E-state index contributed by atoms with van der Waals surface area (Å²) in [5.41, 5.74) is 0.501. The van der Waals surface area contributed by atoms with Gasteiger partial charge in [0.1, 0.15) is 11.6 Å². The molecule has 0 unspecified atom stereocenters. The van der Waals surface area contributed by atoms with Gasteiger partial charge in [0.2, 0.25) is 4.96 Å². The number of aromatic nitrogens is 6. The number of rotatable bonds is 6. The van der Waals surface area contributed by atoms with Crippen molar-refractivity contribution in [2.45, 2.75) is 30.5 Å². The van der Waals surface area contributed by atoms with Gasteiger partial charge in [0, 0.05) is 18.3 Å². The average Bonchev–Trinajstić information content (AvgIpc) is 3.36. The smallest absolute Gasteiger partial charge is 0.275 e. The molecule has 11 heteroatoms. The minimum atomic E-state index is -0.370. The molecule has 0 spiro atoms. The molecule has 3 aromatic heterocycles. The normalized spacial score (nSPS) is 15.3. The summed E-state index contributed by atoms with van der Waals surface area (Å²) < 4.78 is 15.2. The van der Waals surface area contributed by atoms with Crippen molar-refractivity contribution in [1.29, 1.82) is 0 Å². The third-order valence-corrected chi connectivity index (χ3v) is 6.66. The molecule has 1 aliphatic rings. The van der Waals surface area contributed by atoms with Gasteiger partial charge < -0.3 is 9.47 Å². The Kier molecular flexibility index (Phi) is 5.20. The summed E-state index contributed by atoms with van der Waals surface area (Å²) in [6.45, 7) is 6.53. The minimum absolute atomic E-state index is 0.179. The lowest BCUT2D eigenvalue weighted by atomic mass is 10.2. The number of benzene rings is 1. The second kappa shape index (κ2) is 8.16. The predicted octanol–water partition coefficient (Wildman–Crippen LogP) is 3.04. The first-order valence-electron chi connectivity index (χ1n) is 9.54. The van der Waals surface area contributed by atoms with Crippen LogP contribution in [0.25, 0.3) is 4.96 Å². The molecule has 1 aromatic carbocycles. The van der Waals surface area contributed by atoms with E-state index < -0.39 is 0 Å². The molecule has 0 aliphatic carbocycles. The Bertz CT molecular complexity index is 1330. The van der Waals surface area contributed by atoms with Gasteiger partial charge in [-0.15, -0.1) is 16.8 Å². The van der Waals surface area contributed by atoms with Crippen LogP contribution in [0.2, 0.25) is 0 Å². The predicted molar refractivity (Wildman–Crippen MR) is 117 cm³/mol. The standard InChI is InChI=1S/C20H18N6O3S2/c1-3-8-25-18(15-10-28-13-6-4-5-7-14(13)29-15)22-23-20(25)30-11-16-24-26-17(27)9-12(2)21-19(26)31-16/h3-7,9,15H,1,8,10-11H2,2H3/t15-/m1/s1. The fourth-order valence-corrected chi connectivity index (χ4v) is 5.12. The second-order valence-electron chi connectivity index (χ2n) is 6.82. The molecule has 4 heterocycles. The van der Waals surface area contributed by atoms with E-state index >= 15 is 0 Å². The summed E-state index contributed by atoms with van der Waals surface area (Å²) in [5, 5.41) is 14.6. The van der Waals surface area contributed by atoms with Gasteiger partial charge in [-0.1, -0.05) is 41.3 Å². The van der Waals surface area contributed by atoms with E-state index in [4.69, 9.17) is 9.47 Å². The molecule has 9 nitrogen and oxygen atoms in total. The lowest BCUT2D eigenvalue weighted by molar-refractivity contribution is 0.0821. The van der Waals surface area contributed by atoms with Crippen LogP contribution in [0.5, 0.6) is 11.5 Å². The number of allylic oxidation sites excluding steroid dienone is 1. The quantitative estimate of drug-likeness (QED) is 0.324.